The maximum Gasteiger partial charge on any atom is 0.212 e. The Kier molecular flexibility index (Phi) is 6.95. The molecule has 0 fully saturated rings. The first-order valence-electron chi connectivity index (χ1n) is 10.7. The summed E-state index contributed by atoms with van der Waals surface area (Å²) in [6.45, 7) is 4.71. The minimum atomic E-state index is -2.92. The van der Waals surface area contributed by atoms with Crippen LogP contribution in [0.25, 0.3) is 21.3 Å². The van der Waals surface area contributed by atoms with Crippen molar-refractivity contribution in [2.45, 2.75) is 19.5 Å². The van der Waals surface area contributed by atoms with Crippen LogP contribution in [0.1, 0.15) is 24.4 Å². The molecule has 2 aromatic heterocycles. The molecule has 0 saturated heterocycles. The predicted octanol–water partition coefficient (Wildman–Crippen LogP) is 7.16. The molecule has 2 N–H and O–H groups in total. The molecule has 4 aromatic rings. The number of thiophene rings is 1. The molecule has 7 heteroatoms. The van der Waals surface area contributed by atoms with E-state index in [1.165, 1.54) is 0 Å². The van der Waals surface area contributed by atoms with Crippen LogP contribution in [0.3, 0.4) is 0 Å². The molecule has 0 aliphatic heterocycles. The molecular formula is C25H27N2O3PS. The number of phenolic OH excluding ortho intramolecular Hbond substituents is 1. The number of aromatic hydroxyl groups is 1. The van der Waals surface area contributed by atoms with Crippen molar-refractivity contribution in [1.82, 2.24) is 4.98 Å². The lowest BCUT2D eigenvalue weighted by molar-refractivity contribution is 0.327. The van der Waals surface area contributed by atoms with Gasteiger partial charge in [0.15, 0.2) is 0 Å². The van der Waals surface area contributed by atoms with Crippen molar-refractivity contribution in [3.63, 3.8) is 0 Å². The number of hydrogen-bond donors (Lipinski definition) is 2. The van der Waals surface area contributed by atoms with E-state index in [9.17, 15) is 9.67 Å². The number of hydrogen-bond acceptors (Lipinski definition) is 6. The van der Waals surface area contributed by atoms with Crippen LogP contribution in [0.4, 0.5) is 5.69 Å². The van der Waals surface area contributed by atoms with Crippen molar-refractivity contribution >= 4 is 35.3 Å². The Hall–Kier alpha value is -2.66. The van der Waals surface area contributed by atoms with Gasteiger partial charge in [-0.1, -0.05) is 25.1 Å². The van der Waals surface area contributed by atoms with Gasteiger partial charge in [0.2, 0.25) is 7.37 Å². The number of nitrogens with zero attached hydrogens (tertiary/aromatic N) is 1. The quantitative estimate of drug-likeness (QED) is 0.256. The van der Waals surface area contributed by atoms with E-state index in [2.05, 4.69) is 16.4 Å². The van der Waals surface area contributed by atoms with Crippen molar-refractivity contribution in [2.24, 2.45) is 0 Å². The van der Waals surface area contributed by atoms with E-state index in [0.29, 0.717) is 19.3 Å². The summed E-state index contributed by atoms with van der Waals surface area (Å²) in [5, 5.41) is 14.1. The fourth-order valence-electron chi connectivity index (χ4n) is 3.75. The van der Waals surface area contributed by atoms with Crippen LogP contribution in [0.2, 0.25) is 0 Å². The van der Waals surface area contributed by atoms with E-state index in [1.54, 1.807) is 23.5 Å². The van der Waals surface area contributed by atoms with Gasteiger partial charge in [0.25, 0.3) is 0 Å². The average Bonchev–Trinajstić information content (AvgIpc) is 3.29. The fraction of sp³-hybridized carbons (Fsp3) is 0.240. The number of anilines is 1. The Bertz CT molecular complexity index is 1240. The van der Waals surface area contributed by atoms with Crippen molar-refractivity contribution in [2.75, 3.05) is 24.6 Å². The van der Waals surface area contributed by atoms with Gasteiger partial charge in [-0.05, 0) is 61.0 Å². The minimum absolute atomic E-state index is 0.239. The summed E-state index contributed by atoms with van der Waals surface area (Å²) in [4.78, 5) is 6.61. The number of phenols is 1. The van der Waals surface area contributed by atoms with Crippen LogP contribution in [0.15, 0.2) is 72.9 Å². The standard InChI is InChI=1S/C25H27N2O3PS/c1-3-30-31(29,4-2)23(17-26-20-15-19-7-5-6-8-22(19)27-16-20)25-14-13-24(32-25)18-9-11-21(28)12-10-18/h5-16,23,26,28H,3-4,17H2,1-2H3. The van der Waals surface area contributed by atoms with Crippen molar-refractivity contribution in [3.05, 3.63) is 77.8 Å². The number of benzene rings is 2. The number of pyridine rings is 1. The lowest BCUT2D eigenvalue weighted by Gasteiger charge is -2.26. The van der Waals surface area contributed by atoms with Crippen LogP contribution in [-0.2, 0) is 9.09 Å². The molecule has 0 spiro atoms. The van der Waals surface area contributed by atoms with Crippen LogP contribution < -0.4 is 5.32 Å². The van der Waals surface area contributed by atoms with E-state index in [1.807, 2.05) is 68.6 Å². The molecule has 0 saturated carbocycles. The van der Waals surface area contributed by atoms with Crippen molar-refractivity contribution in [1.29, 1.82) is 0 Å². The van der Waals surface area contributed by atoms with Crippen molar-refractivity contribution < 1.29 is 14.2 Å². The maximum atomic E-state index is 13.8. The molecule has 2 aromatic carbocycles. The first kappa shape index (κ1) is 22.5. The molecule has 2 atom stereocenters. The van der Waals surface area contributed by atoms with Crippen LogP contribution in [0, 0.1) is 0 Å². The summed E-state index contributed by atoms with van der Waals surface area (Å²) in [7, 11) is -2.92. The molecule has 166 valence electrons. The zero-order valence-corrected chi connectivity index (χ0v) is 19.9. The average molecular weight is 467 g/mol. The lowest BCUT2D eigenvalue weighted by atomic mass is 10.2. The largest absolute Gasteiger partial charge is 0.508 e. The summed E-state index contributed by atoms with van der Waals surface area (Å²) in [6, 6.07) is 21.3. The fourth-order valence-corrected chi connectivity index (χ4v) is 7.47. The third-order valence-electron chi connectivity index (χ3n) is 5.46. The van der Waals surface area contributed by atoms with Crippen LogP contribution in [0.5, 0.6) is 5.75 Å². The summed E-state index contributed by atoms with van der Waals surface area (Å²) >= 11 is 1.62. The highest BCUT2D eigenvalue weighted by atomic mass is 32.1. The lowest BCUT2D eigenvalue weighted by Crippen LogP contribution is -2.15. The molecule has 0 radical (unpaired) electrons. The highest BCUT2D eigenvalue weighted by Gasteiger charge is 2.34. The molecule has 32 heavy (non-hydrogen) atoms. The van der Waals surface area contributed by atoms with Gasteiger partial charge in [0.1, 0.15) is 5.75 Å². The van der Waals surface area contributed by atoms with Crippen LogP contribution in [-0.4, -0.2) is 29.4 Å². The number of fused-ring (bicyclic) bond motifs is 1. The monoisotopic (exact) mass is 466 g/mol. The number of nitrogens with one attached hydrogen (secondary N) is 1. The normalized spacial score (nSPS) is 14.2. The van der Waals surface area contributed by atoms with Gasteiger partial charge in [0, 0.05) is 27.8 Å². The zero-order chi connectivity index (χ0) is 22.6. The molecule has 0 aliphatic rings. The molecular weight excluding hydrogens is 439 g/mol. The first-order chi connectivity index (χ1) is 15.5. The molecule has 0 bridgehead atoms. The zero-order valence-electron chi connectivity index (χ0n) is 18.2. The van der Waals surface area contributed by atoms with Gasteiger partial charge in [-0.15, -0.1) is 11.3 Å². The Labute approximate surface area is 192 Å². The van der Waals surface area contributed by atoms with Gasteiger partial charge in [-0.2, -0.15) is 0 Å². The molecule has 2 unspecified atom stereocenters. The third kappa shape index (κ3) is 4.88. The maximum absolute atomic E-state index is 13.8. The van der Waals surface area contributed by atoms with Gasteiger partial charge in [-0.25, -0.2) is 0 Å². The molecule has 2 heterocycles. The Morgan fingerprint density at radius 3 is 2.62 bits per heavy atom. The number of aromatic nitrogens is 1. The smallest absolute Gasteiger partial charge is 0.212 e. The number of para-hydroxylation sites is 1. The molecule has 4 rings (SSSR count). The van der Waals surface area contributed by atoms with E-state index < -0.39 is 7.37 Å². The Morgan fingerprint density at radius 1 is 1.09 bits per heavy atom. The highest BCUT2D eigenvalue weighted by molar-refractivity contribution is 7.59. The highest BCUT2D eigenvalue weighted by Crippen LogP contribution is 2.61. The summed E-state index contributed by atoms with van der Waals surface area (Å²) < 4.78 is 19.7. The molecule has 5 nitrogen and oxygen atoms in total. The summed E-state index contributed by atoms with van der Waals surface area (Å²) in [6.07, 6.45) is 2.28. The summed E-state index contributed by atoms with van der Waals surface area (Å²) in [5.74, 6) is 0.239. The third-order valence-corrected chi connectivity index (χ3v) is 9.87. The van der Waals surface area contributed by atoms with E-state index in [-0.39, 0.29) is 11.4 Å². The van der Waals surface area contributed by atoms with Gasteiger partial charge in [-0.3, -0.25) is 9.55 Å². The van der Waals surface area contributed by atoms with Gasteiger partial charge in [0.05, 0.1) is 29.7 Å². The SMILES string of the molecule is CCOP(=O)(CC)C(CNc1cnc2ccccc2c1)c1ccc(-c2ccc(O)cc2)s1. The second-order valence-electron chi connectivity index (χ2n) is 7.52. The van der Waals surface area contributed by atoms with Crippen LogP contribution >= 0.6 is 18.7 Å². The molecule has 0 amide bonds. The minimum Gasteiger partial charge on any atom is -0.508 e. The number of rotatable bonds is 9. The Balaban J connectivity index is 1.63. The predicted molar refractivity (Wildman–Crippen MR) is 134 cm³/mol. The second kappa shape index (κ2) is 9.86. The van der Waals surface area contributed by atoms with E-state index in [4.69, 9.17) is 4.52 Å². The second-order valence-corrected chi connectivity index (χ2v) is 11.6. The van der Waals surface area contributed by atoms with E-state index >= 15 is 0 Å². The first-order valence-corrected chi connectivity index (χ1v) is 13.4. The summed E-state index contributed by atoms with van der Waals surface area (Å²) in [5.41, 5.74) is 2.59. The van der Waals surface area contributed by atoms with Crippen molar-refractivity contribution in [3.8, 4) is 16.2 Å². The molecule has 0 aliphatic carbocycles. The topological polar surface area (TPSA) is 71.5 Å². The Morgan fingerprint density at radius 2 is 1.88 bits per heavy atom. The van der Waals surface area contributed by atoms with E-state index in [0.717, 1.165) is 31.9 Å². The van der Waals surface area contributed by atoms with Gasteiger partial charge < -0.3 is 14.9 Å². The van der Waals surface area contributed by atoms with Gasteiger partial charge >= 0.3 is 0 Å².